The molecule has 0 saturated carbocycles. The molecule has 110 valence electrons. The maximum absolute atomic E-state index is 12.2. The van der Waals surface area contributed by atoms with Gasteiger partial charge in [-0.2, -0.15) is 0 Å². The second-order valence-electron chi connectivity index (χ2n) is 5.18. The van der Waals surface area contributed by atoms with Gasteiger partial charge in [0.15, 0.2) is 0 Å². The number of hydrogen-bond acceptors (Lipinski definition) is 4. The Bertz CT molecular complexity index is 597. The number of carbonyl (C=O) groups excluding carboxylic acids is 1. The number of nitrogens with one attached hydrogen (secondary N) is 2. The number of rotatable bonds is 3. The summed E-state index contributed by atoms with van der Waals surface area (Å²) in [5.41, 5.74) is 2.50. The molecule has 1 aliphatic rings. The number of carbonyl (C=O) groups is 1. The molecule has 6 heteroatoms. The number of amides is 1. The van der Waals surface area contributed by atoms with Crippen LogP contribution in [0.3, 0.4) is 0 Å². The number of benzene rings is 1. The van der Waals surface area contributed by atoms with Crippen LogP contribution in [0.4, 0.5) is 5.69 Å². The van der Waals surface area contributed by atoms with E-state index in [1.807, 2.05) is 26.1 Å². The second kappa shape index (κ2) is 5.83. The normalized spacial score (nSPS) is 18.5. The largest absolute Gasteiger partial charge is 0.388 e. The Kier molecular flexibility index (Phi) is 4.32. The maximum Gasteiger partial charge on any atom is 0.251 e. The Hall–Kier alpha value is -1.56. The highest BCUT2D eigenvalue weighted by molar-refractivity contribution is 7.91. The van der Waals surface area contributed by atoms with Gasteiger partial charge in [-0.25, -0.2) is 8.42 Å². The topological polar surface area (TPSA) is 75.3 Å². The molecule has 5 nitrogen and oxygen atoms in total. The van der Waals surface area contributed by atoms with Gasteiger partial charge in [0.25, 0.3) is 5.91 Å². The number of anilines is 1. The van der Waals surface area contributed by atoms with Gasteiger partial charge < -0.3 is 10.6 Å². The highest BCUT2D eigenvalue weighted by Gasteiger charge is 2.25. The lowest BCUT2D eigenvalue weighted by Crippen LogP contribution is -2.41. The van der Waals surface area contributed by atoms with E-state index in [1.54, 1.807) is 6.07 Å². The van der Waals surface area contributed by atoms with E-state index < -0.39 is 9.84 Å². The van der Waals surface area contributed by atoms with E-state index in [-0.39, 0.29) is 23.5 Å². The van der Waals surface area contributed by atoms with Crippen LogP contribution < -0.4 is 10.6 Å². The van der Waals surface area contributed by atoms with Crippen LogP contribution in [0.15, 0.2) is 18.2 Å². The average Bonchev–Trinajstić information content (AvgIpc) is 2.40. The molecule has 0 bridgehead atoms. The second-order valence-corrected chi connectivity index (χ2v) is 7.48. The minimum Gasteiger partial charge on any atom is -0.388 e. The van der Waals surface area contributed by atoms with E-state index in [0.717, 1.165) is 11.3 Å². The Labute approximate surface area is 119 Å². The summed E-state index contributed by atoms with van der Waals surface area (Å²) >= 11 is 0. The Morgan fingerprint density at radius 3 is 2.45 bits per heavy atom. The molecular weight excluding hydrogens is 276 g/mol. The summed E-state index contributed by atoms with van der Waals surface area (Å²) in [5.74, 6) is 0.195. The van der Waals surface area contributed by atoms with Crippen molar-refractivity contribution in [3.63, 3.8) is 0 Å². The molecule has 1 amide bonds. The SMILES string of the molecule is CNc1ccc(C(=O)NC2CCS(=O)(=O)CC2)c(C)c1. The van der Waals surface area contributed by atoms with E-state index in [4.69, 9.17) is 0 Å². The molecule has 0 aromatic heterocycles. The highest BCUT2D eigenvalue weighted by Crippen LogP contribution is 2.17. The zero-order valence-corrected chi connectivity index (χ0v) is 12.6. The zero-order chi connectivity index (χ0) is 14.8. The predicted octanol–water partition coefficient (Wildman–Crippen LogP) is 1.34. The van der Waals surface area contributed by atoms with Gasteiger partial charge >= 0.3 is 0 Å². The minimum atomic E-state index is -2.89. The maximum atomic E-state index is 12.2. The van der Waals surface area contributed by atoms with Gasteiger partial charge in [-0.05, 0) is 43.5 Å². The molecule has 1 aromatic rings. The molecule has 1 aliphatic heterocycles. The van der Waals surface area contributed by atoms with Crippen molar-refractivity contribution in [2.24, 2.45) is 0 Å². The first-order chi connectivity index (χ1) is 9.41. The molecule has 2 N–H and O–H groups in total. The summed E-state index contributed by atoms with van der Waals surface area (Å²) in [6.07, 6.45) is 1.00. The standard InChI is InChI=1S/C14H20N2O3S/c1-10-9-12(15-2)3-4-13(10)14(17)16-11-5-7-20(18,19)8-6-11/h3-4,9,11,15H,5-8H2,1-2H3,(H,16,17). The summed E-state index contributed by atoms with van der Waals surface area (Å²) in [5, 5.41) is 5.95. The van der Waals surface area contributed by atoms with Crippen molar-refractivity contribution in [2.75, 3.05) is 23.9 Å². The molecule has 0 atom stereocenters. The van der Waals surface area contributed by atoms with E-state index in [9.17, 15) is 13.2 Å². The summed E-state index contributed by atoms with van der Waals surface area (Å²) in [6, 6.07) is 5.51. The third kappa shape index (κ3) is 3.50. The van der Waals surface area contributed by atoms with Gasteiger partial charge in [0.2, 0.25) is 0 Å². The van der Waals surface area contributed by atoms with Gasteiger partial charge in [-0.3, -0.25) is 4.79 Å². The molecule has 0 unspecified atom stereocenters. The van der Waals surface area contributed by atoms with Crippen molar-refractivity contribution in [1.82, 2.24) is 5.32 Å². The fourth-order valence-electron chi connectivity index (χ4n) is 2.37. The van der Waals surface area contributed by atoms with E-state index in [2.05, 4.69) is 10.6 Å². The van der Waals surface area contributed by atoms with Gasteiger partial charge in [0.05, 0.1) is 11.5 Å². The molecule has 0 spiro atoms. The van der Waals surface area contributed by atoms with Crippen LogP contribution in [-0.4, -0.2) is 38.9 Å². The summed E-state index contributed by atoms with van der Waals surface area (Å²) in [6.45, 7) is 1.89. The van der Waals surface area contributed by atoms with Crippen molar-refractivity contribution in [3.8, 4) is 0 Å². The first-order valence-corrected chi connectivity index (χ1v) is 8.53. The van der Waals surface area contributed by atoms with E-state index >= 15 is 0 Å². The van der Waals surface area contributed by atoms with E-state index in [0.29, 0.717) is 18.4 Å². The average molecular weight is 296 g/mol. The van der Waals surface area contributed by atoms with Gasteiger partial charge in [-0.15, -0.1) is 0 Å². The predicted molar refractivity (Wildman–Crippen MR) is 79.9 cm³/mol. The first-order valence-electron chi connectivity index (χ1n) is 6.71. The van der Waals surface area contributed by atoms with Gasteiger partial charge in [0, 0.05) is 24.3 Å². The molecule has 1 aromatic carbocycles. The van der Waals surface area contributed by atoms with Crippen LogP contribution in [0, 0.1) is 6.92 Å². The van der Waals surface area contributed by atoms with Gasteiger partial charge in [-0.1, -0.05) is 0 Å². The molecule has 20 heavy (non-hydrogen) atoms. The number of sulfone groups is 1. The van der Waals surface area contributed by atoms with Crippen LogP contribution >= 0.6 is 0 Å². The van der Waals surface area contributed by atoms with Crippen molar-refractivity contribution in [1.29, 1.82) is 0 Å². The molecule has 1 fully saturated rings. The van der Waals surface area contributed by atoms with Crippen LogP contribution in [-0.2, 0) is 9.84 Å². The van der Waals surface area contributed by atoms with Crippen molar-refractivity contribution >= 4 is 21.4 Å². The fourth-order valence-corrected chi connectivity index (χ4v) is 3.86. The lowest BCUT2D eigenvalue weighted by molar-refractivity contribution is 0.0933. The highest BCUT2D eigenvalue weighted by atomic mass is 32.2. The summed E-state index contributed by atoms with van der Waals surface area (Å²) < 4.78 is 22.7. The smallest absolute Gasteiger partial charge is 0.251 e. The van der Waals surface area contributed by atoms with Crippen LogP contribution in [0.1, 0.15) is 28.8 Å². The summed E-state index contributed by atoms with van der Waals surface area (Å²) in [4.78, 5) is 12.2. The van der Waals surface area contributed by atoms with Crippen molar-refractivity contribution in [2.45, 2.75) is 25.8 Å². The lowest BCUT2D eigenvalue weighted by atomic mass is 10.1. The molecule has 1 saturated heterocycles. The first kappa shape index (κ1) is 14.8. The minimum absolute atomic E-state index is 0.0469. The Balaban J connectivity index is 2.02. The number of aryl methyl sites for hydroxylation is 1. The number of hydrogen-bond donors (Lipinski definition) is 2. The third-order valence-electron chi connectivity index (χ3n) is 3.65. The van der Waals surface area contributed by atoms with Crippen LogP contribution in [0.5, 0.6) is 0 Å². The van der Waals surface area contributed by atoms with Crippen molar-refractivity contribution in [3.05, 3.63) is 29.3 Å². The molecule has 0 aliphatic carbocycles. The van der Waals surface area contributed by atoms with Crippen LogP contribution in [0.2, 0.25) is 0 Å². The third-order valence-corrected chi connectivity index (χ3v) is 5.36. The van der Waals surface area contributed by atoms with Crippen LogP contribution in [0.25, 0.3) is 0 Å². The quantitative estimate of drug-likeness (QED) is 0.882. The van der Waals surface area contributed by atoms with E-state index in [1.165, 1.54) is 0 Å². The monoisotopic (exact) mass is 296 g/mol. The Morgan fingerprint density at radius 2 is 1.90 bits per heavy atom. The molecule has 0 radical (unpaired) electrons. The zero-order valence-electron chi connectivity index (χ0n) is 11.8. The van der Waals surface area contributed by atoms with Crippen molar-refractivity contribution < 1.29 is 13.2 Å². The Morgan fingerprint density at radius 1 is 1.25 bits per heavy atom. The fraction of sp³-hybridized carbons (Fsp3) is 0.500. The molecule has 1 heterocycles. The lowest BCUT2D eigenvalue weighted by Gasteiger charge is -2.23. The summed E-state index contributed by atoms with van der Waals surface area (Å²) in [7, 11) is -1.06. The van der Waals surface area contributed by atoms with Gasteiger partial charge in [0.1, 0.15) is 9.84 Å². The molecule has 2 rings (SSSR count). The molecular formula is C14H20N2O3S.